The van der Waals surface area contributed by atoms with Gasteiger partial charge in [-0.3, -0.25) is 9.78 Å². The lowest BCUT2D eigenvalue weighted by molar-refractivity contribution is 0.0607. The normalized spacial score (nSPS) is 22.0. The maximum Gasteiger partial charge on any atom is 0.253 e. The van der Waals surface area contributed by atoms with Gasteiger partial charge in [-0.2, -0.15) is 0 Å². The summed E-state index contributed by atoms with van der Waals surface area (Å²) in [7, 11) is 5.58. The maximum atomic E-state index is 13.6. The number of nitrogens with zero attached hydrogens (tertiary/aromatic N) is 3. The minimum atomic E-state index is 0.0927. The molecule has 2 fully saturated rings. The van der Waals surface area contributed by atoms with Crippen molar-refractivity contribution >= 4 is 5.91 Å². The van der Waals surface area contributed by atoms with Crippen molar-refractivity contribution in [1.82, 2.24) is 14.8 Å². The van der Waals surface area contributed by atoms with Crippen molar-refractivity contribution in [2.24, 2.45) is 5.92 Å². The molecule has 1 amide bonds. The predicted octanol–water partition coefficient (Wildman–Crippen LogP) is 4.25. The highest BCUT2D eigenvalue weighted by Gasteiger charge is 2.44. The summed E-state index contributed by atoms with van der Waals surface area (Å²) in [6.07, 6.45) is 3.37. The molecule has 0 aliphatic carbocycles. The molecule has 35 heavy (non-hydrogen) atoms. The van der Waals surface area contributed by atoms with Crippen LogP contribution in [-0.2, 0) is 6.42 Å². The molecule has 6 nitrogen and oxygen atoms in total. The number of piperidine rings is 1. The monoisotopic (exact) mass is 471 g/mol. The lowest BCUT2D eigenvalue weighted by Crippen LogP contribution is -2.48. The Hall–Kier alpha value is -3.38. The van der Waals surface area contributed by atoms with E-state index in [1.54, 1.807) is 20.4 Å². The SMILES string of the molecule is COc1ccc([C@H]2CN(C)[C@@H]3CCN(C(=O)c4ccnc(Cc5ccccc5OC)c4)C[C@H]23)cc1. The molecular weight excluding hydrogens is 438 g/mol. The van der Waals surface area contributed by atoms with Gasteiger partial charge in [0.1, 0.15) is 11.5 Å². The quantitative estimate of drug-likeness (QED) is 0.538. The Morgan fingerprint density at radius 2 is 1.83 bits per heavy atom. The second-order valence-corrected chi connectivity index (χ2v) is 9.61. The van der Waals surface area contributed by atoms with E-state index in [0.29, 0.717) is 29.9 Å². The molecule has 2 saturated heterocycles. The van der Waals surface area contributed by atoms with Gasteiger partial charge in [0.25, 0.3) is 5.91 Å². The van der Waals surface area contributed by atoms with Crippen molar-refractivity contribution < 1.29 is 14.3 Å². The Balaban J connectivity index is 1.32. The molecule has 2 aliphatic rings. The van der Waals surface area contributed by atoms with Crippen LogP contribution in [0.5, 0.6) is 11.5 Å². The Morgan fingerprint density at radius 3 is 2.60 bits per heavy atom. The number of benzene rings is 2. The number of methoxy groups -OCH3 is 2. The molecule has 3 heterocycles. The Kier molecular flexibility index (Phi) is 6.73. The van der Waals surface area contributed by atoms with Crippen LogP contribution in [-0.4, -0.2) is 67.6 Å². The number of hydrogen-bond acceptors (Lipinski definition) is 5. The fourth-order valence-corrected chi connectivity index (χ4v) is 5.82. The van der Waals surface area contributed by atoms with Crippen LogP contribution in [0.25, 0.3) is 0 Å². The Morgan fingerprint density at radius 1 is 1.03 bits per heavy atom. The molecule has 5 rings (SSSR count). The standard InChI is InChI=1S/C29H33N3O3/c1-31-18-25(20-8-10-24(34-2)11-9-20)26-19-32(15-13-27(26)31)29(33)22-12-14-30-23(17-22)16-21-6-4-5-7-28(21)35-3/h4-12,14,17,25-27H,13,15-16,18-19H2,1-3H3/t25-,26-,27-/m1/s1. The lowest BCUT2D eigenvalue weighted by Gasteiger charge is -2.38. The lowest BCUT2D eigenvalue weighted by atomic mass is 9.81. The molecule has 0 bridgehead atoms. The number of ether oxygens (including phenoxy) is 2. The number of carbonyl (C=O) groups excluding carboxylic acids is 1. The van der Waals surface area contributed by atoms with Crippen LogP contribution in [0, 0.1) is 5.92 Å². The molecule has 2 aliphatic heterocycles. The molecule has 0 N–H and O–H groups in total. The number of likely N-dealkylation sites (tertiary alicyclic amines) is 2. The zero-order valence-corrected chi connectivity index (χ0v) is 20.7. The number of likely N-dealkylation sites (N-methyl/N-ethyl adjacent to an activating group) is 1. The first-order valence-electron chi connectivity index (χ1n) is 12.3. The van der Waals surface area contributed by atoms with Crippen molar-refractivity contribution in [3.8, 4) is 11.5 Å². The van der Waals surface area contributed by atoms with Gasteiger partial charge in [0.2, 0.25) is 0 Å². The topological polar surface area (TPSA) is 54.9 Å². The Bertz CT molecular complexity index is 1180. The summed E-state index contributed by atoms with van der Waals surface area (Å²) in [4.78, 5) is 22.6. The van der Waals surface area contributed by atoms with Crippen molar-refractivity contribution in [1.29, 1.82) is 0 Å². The summed E-state index contributed by atoms with van der Waals surface area (Å²) in [5.74, 6) is 2.63. The molecule has 0 spiro atoms. The van der Waals surface area contributed by atoms with E-state index in [1.165, 1.54) is 5.56 Å². The molecule has 1 aromatic heterocycles. The summed E-state index contributed by atoms with van der Waals surface area (Å²) in [5, 5.41) is 0. The minimum absolute atomic E-state index is 0.0927. The van der Waals surface area contributed by atoms with Crippen LogP contribution in [0.4, 0.5) is 0 Å². The summed E-state index contributed by atoms with van der Waals surface area (Å²) in [5.41, 5.74) is 3.95. The highest BCUT2D eigenvalue weighted by Crippen LogP contribution is 2.41. The van der Waals surface area contributed by atoms with Gasteiger partial charge in [-0.25, -0.2) is 0 Å². The van der Waals surface area contributed by atoms with Crippen molar-refractivity contribution in [3.05, 3.63) is 89.2 Å². The van der Waals surface area contributed by atoms with Gasteiger partial charge in [0.15, 0.2) is 0 Å². The fourth-order valence-electron chi connectivity index (χ4n) is 5.82. The van der Waals surface area contributed by atoms with E-state index in [9.17, 15) is 4.79 Å². The highest BCUT2D eigenvalue weighted by atomic mass is 16.5. The van der Waals surface area contributed by atoms with E-state index >= 15 is 0 Å². The molecular formula is C29H33N3O3. The molecule has 6 heteroatoms. The summed E-state index contributed by atoms with van der Waals surface area (Å²) < 4.78 is 10.8. The number of pyridine rings is 1. The van der Waals surface area contributed by atoms with Crippen molar-refractivity contribution in [3.63, 3.8) is 0 Å². The van der Waals surface area contributed by atoms with Crippen LogP contribution in [0.3, 0.4) is 0 Å². The number of amides is 1. The molecule has 0 saturated carbocycles. The van der Waals surface area contributed by atoms with E-state index in [4.69, 9.17) is 9.47 Å². The van der Waals surface area contributed by atoms with Gasteiger partial charge in [-0.15, -0.1) is 0 Å². The number of hydrogen-bond donors (Lipinski definition) is 0. The number of aromatic nitrogens is 1. The molecule has 0 unspecified atom stereocenters. The third-order valence-electron chi connectivity index (χ3n) is 7.65. The molecule has 3 atom stereocenters. The fraction of sp³-hybridized carbons (Fsp3) is 0.379. The summed E-state index contributed by atoms with van der Waals surface area (Å²) in [6.45, 7) is 2.57. The van der Waals surface area contributed by atoms with Gasteiger partial charge in [-0.05, 0) is 49.4 Å². The average molecular weight is 472 g/mol. The zero-order valence-electron chi connectivity index (χ0n) is 20.7. The van der Waals surface area contributed by atoms with Gasteiger partial charge < -0.3 is 19.3 Å². The number of carbonyl (C=O) groups is 1. The second-order valence-electron chi connectivity index (χ2n) is 9.61. The third kappa shape index (κ3) is 4.76. The largest absolute Gasteiger partial charge is 0.497 e. The van der Waals surface area contributed by atoms with Crippen LogP contribution in [0.2, 0.25) is 0 Å². The first-order valence-corrected chi connectivity index (χ1v) is 12.3. The third-order valence-corrected chi connectivity index (χ3v) is 7.65. The van der Waals surface area contributed by atoms with Gasteiger partial charge in [-0.1, -0.05) is 30.3 Å². The van der Waals surface area contributed by atoms with E-state index in [-0.39, 0.29) is 5.91 Å². The minimum Gasteiger partial charge on any atom is -0.497 e. The van der Waals surface area contributed by atoms with E-state index < -0.39 is 0 Å². The molecule has 0 radical (unpaired) electrons. The van der Waals surface area contributed by atoms with E-state index in [1.807, 2.05) is 53.4 Å². The smallest absolute Gasteiger partial charge is 0.253 e. The summed E-state index contributed by atoms with van der Waals surface area (Å²) >= 11 is 0. The maximum absolute atomic E-state index is 13.6. The van der Waals surface area contributed by atoms with Gasteiger partial charge in [0.05, 0.1) is 14.2 Å². The first-order chi connectivity index (χ1) is 17.1. The Labute approximate surface area is 207 Å². The second kappa shape index (κ2) is 10.1. The molecule has 2 aromatic carbocycles. The van der Waals surface area contributed by atoms with Gasteiger partial charge >= 0.3 is 0 Å². The summed E-state index contributed by atoms with van der Waals surface area (Å²) in [6, 6.07) is 20.6. The van der Waals surface area contributed by atoms with Gasteiger partial charge in [0, 0.05) is 67.0 Å². The van der Waals surface area contributed by atoms with E-state index in [2.05, 4.69) is 29.1 Å². The predicted molar refractivity (Wildman–Crippen MR) is 136 cm³/mol. The molecule has 182 valence electrons. The van der Waals surface area contributed by atoms with Crippen LogP contribution >= 0.6 is 0 Å². The van der Waals surface area contributed by atoms with Crippen molar-refractivity contribution in [2.45, 2.75) is 24.8 Å². The number of rotatable bonds is 6. The van der Waals surface area contributed by atoms with Crippen LogP contribution in [0.15, 0.2) is 66.9 Å². The van der Waals surface area contributed by atoms with Crippen LogP contribution in [0.1, 0.15) is 39.5 Å². The number of para-hydroxylation sites is 1. The first kappa shape index (κ1) is 23.4. The molecule has 3 aromatic rings. The van der Waals surface area contributed by atoms with E-state index in [0.717, 1.165) is 48.8 Å². The highest BCUT2D eigenvalue weighted by molar-refractivity contribution is 5.94. The number of fused-ring (bicyclic) bond motifs is 1. The van der Waals surface area contributed by atoms with Crippen LogP contribution < -0.4 is 9.47 Å². The van der Waals surface area contributed by atoms with Crippen molar-refractivity contribution in [2.75, 3.05) is 40.9 Å². The average Bonchev–Trinajstić information content (AvgIpc) is 3.24. The zero-order chi connectivity index (χ0) is 24.4.